The van der Waals surface area contributed by atoms with Crippen LogP contribution in [-0.4, -0.2) is 0 Å². The Bertz CT molecular complexity index is 557. The fraction of sp³-hybridized carbons (Fsp3) is 0.143. The molecule has 0 unspecified atom stereocenters. The van der Waals surface area contributed by atoms with E-state index in [4.69, 9.17) is 22.1 Å². The zero-order chi connectivity index (χ0) is 13.1. The van der Waals surface area contributed by atoms with Crippen LogP contribution in [0.4, 0.5) is 0 Å². The summed E-state index contributed by atoms with van der Waals surface area (Å²) in [5.74, 6) is 1.34. The summed E-state index contributed by atoms with van der Waals surface area (Å²) >= 11 is 9.49. The number of benzene rings is 2. The quantitative estimate of drug-likeness (QED) is 0.869. The maximum Gasteiger partial charge on any atom is 0.147 e. The molecule has 0 fully saturated rings. The van der Waals surface area contributed by atoms with Crippen molar-refractivity contribution in [3.8, 4) is 11.5 Å². The molecule has 2 N–H and O–H groups in total. The van der Waals surface area contributed by atoms with E-state index in [1.54, 1.807) is 6.07 Å². The highest BCUT2D eigenvalue weighted by molar-refractivity contribution is 9.10. The third-order valence-corrected chi connectivity index (χ3v) is 3.33. The van der Waals surface area contributed by atoms with Gasteiger partial charge in [-0.15, -0.1) is 0 Å². The molecule has 94 valence electrons. The van der Waals surface area contributed by atoms with E-state index in [1.807, 2.05) is 43.3 Å². The average Bonchev–Trinajstić information content (AvgIpc) is 2.34. The van der Waals surface area contributed by atoms with Crippen LogP contribution in [0.2, 0.25) is 5.02 Å². The highest BCUT2D eigenvalue weighted by Crippen LogP contribution is 2.34. The number of halogens is 2. The minimum atomic E-state index is -0.0906. The van der Waals surface area contributed by atoms with E-state index in [0.717, 1.165) is 15.8 Å². The summed E-state index contributed by atoms with van der Waals surface area (Å²) < 4.78 is 6.76. The summed E-state index contributed by atoms with van der Waals surface area (Å²) in [6, 6.07) is 13.1. The molecule has 2 aromatic rings. The zero-order valence-electron chi connectivity index (χ0n) is 9.86. The fourth-order valence-corrected chi connectivity index (χ4v) is 2.12. The van der Waals surface area contributed by atoms with Crippen molar-refractivity contribution in [1.29, 1.82) is 0 Å². The lowest BCUT2D eigenvalue weighted by Gasteiger charge is -2.14. The Morgan fingerprint density at radius 1 is 1.17 bits per heavy atom. The van der Waals surface area contributed by atoms with Crippen LogP contribution < -0.4 is 10.5 Å². The Morgan fingerprint density at radius 3 is 2.61 bits per heavy atom. The van der Waals surface area contributed by atoms with Crippen molar-refractivity contribution in [3.05, 3.63) is 57.5 Å². The maximum atomic E-state index is 6.10. The molecule has 0 bridgehead atoms. The first-order chi connectivity index (χ1) is 8.58. The zero-order valence-corrected chi connectivity index (χ0v) is 12.2. The topological polar surface area (TPSA) is 35.2 Å². The standard InChI is InChI=1S/C14H13BrClNO/c1-9(17)11-4-2-3-5-13(11)18-14-8-10(15)6-7-12(14)16/h2-9H,17H2,1H3/t9-/m1/s1. The van der Waals surface area contributed by atoms with E-state index in [9.17, 15) is 0 Å². The minimum absolute atomic E-state index is 0.0906. The molecule has 2 nitrogen and oxygen atoms in total. The van der Waals surface area contributed by atoms with Gasteiger partial charge in [0, 0.05) is 16.1 Å². The SMILES string of the molecule is C[C@@H](N)c1ccccc1Oc1cc(Br)ccc1Cl. The molecule has 1 atom stereocenters. The molecule has 2 rings (SSSR count). The van der Waals surface area contributed by atoms with Crippen molar-refractivity contribution in [1.82, 2.24) is 0 Å². The molecule has 0 aliphatic rings. The van der Waals surface area contributed by atoms with Gasteiger partial charge in [0.1, 0.15) is 11.5 Å². The van der Waals surface area contributed by atoms with Gasteiger partial charge in [-0.2, -0.15) is 0 Å². The number of para-hydroxylation sites is 1. The first-order valence-corrected chi connectivity index (χ1v) is 6.72. The number of nitrogens with two attached hydrogens (primary N) is 1. The van der Waals surface area contributed by atoms with E-state index < -0.39 is 0 Å². The Hall–Kier alpha value is -1.03. The Balaban J connectivity index is 2.37. The van der Waals surface area contributed by atoms with Crippen LogP contribution in [0, 0.1) is 0 Å². The highest BCUT2D eigenvalue weighted by Gasteiger charge is 2.10. The van der Waals surface area contributed by atoms with Crippen molar-refractivity contribution in [2.75, 3.05) is 0 Å². The number of rotatable bonds is 3. The van der Waals surface area contributed by atoms with Crippen LogP contribution in [0.3, 0.4) is 0 Å². The molecule has 0 spiro atoms. The molecule has 0 aliphatic carbocycles. The van der Waals surface area contributed by atoms with E-state index in [-0.39, 0.29) is 6.04 Å². The van der Waals surface area contributed by atoms with E-state index in [2.05, 4.69) is 15.9 Å². The van der Waals surface area contributed by atoms with Crippen molar-refractivity contribution in [3.63, 3.8) is 0 Å². The monoisotopic (exact) mass is 325 g/mol. The van der Waals surface area contributed by atoms with Gasteiger partial charge in [0.25, 0.3) is 0 Å². The molecular weight excluding hydrogens is 314 g/mol. The van der Waals surface area contributed by atoms with Crippen LogP contribution in [0.5, 0.6) is 11.5 Å². The smallest absolute Gasteiger partial charge is 0.147 e. The van der Waals surface area contributed by atoms with Gasteiger partial charge in [-0.05, 0) is 31.2 Å². The van der Waals surface area contributed by atoms with Gasteiger partial charge in [-0.1, -0.05) is 45.7 Å². The predicted octanol–water partition coefficient (Wildman–Crippen LogP) is 4.91. The van der Waals surface area contributed by atoms with Gasteiger partial charge in [0.2, 0.25) is 0 Å². The molecule has 0 aromatic heterocycles. The second kappa shape index (κ2) is 5.74. The maximum absolute atomic E-state index is 6.10. The molecule has 0 radical (unpaired) electrons. The van der Waals surface area contributed by atoms with Crippen molar-refractivity contribution < 1.29 is 4.74 Å². The van der Waals surface area contributed by atoms with Crippen LogP contribution in [0.15, 0.2) is 46.9 Å². The fourth-order valence-electron chi connectivity index (χ4n) is 1.62. The summed E-state index contributed by atoms with van der Waals surface area (Å²) in [5.41, 5.74) is 6.87. The molecular formula is C14H13BrClNO. The second-order valence-corrected chi connectivity index (χ2v) is 5.33. The van der Waals surface area contributed by atoms with Gasteiger partial charge in [-0.3, -0.25) is 0 Å². The molecule has 2 aromatic carbocycles. The average molecular weight is 327 g/mol. The van der Waals surface area contributed by atoms with E-state index in [1.165, 1.54) is 0 Å². The van der Waals surface area contributed by atoms with Crippen LogP contribution in [0.25, 0.3) is 0 Å². The summed E-state index contributed by atoms with van der Waals surface area (Å²) in [6.07, 6.45) is 0. The van der Waals surface area contributed by atoms with Gasteiger partial charge in [-0.25, -0.2) is 0 Å². The van der Waals surface area contributed by atoms with E-state index >= 15 is 0 Å². The lowest BCUT2D eigenvalue weighted by molar-refractivity contribution is 0.472. The number of hydrogen-bond donors (Lipinski definition) is 1. The van der Waals surface area contributed by atoms with E-state index in [0.29, 0.717) is 10.8 Å². The molecule has 0 saturated carbocycles. The molecule has 4 heteroatoms. The lowest BCUT2D eigenvalue weighted by atomic mass is 10.1. The van der Waals surface area contributed by atoms with Crippen molar-refractivity contribution in [2.45, 2.75) is 13.0 Å². The largest absolute Gasteiger partial charge is 0.455 e. The Labute approximate surface area is 120 Å². The van der Waals surface area contributed by atoms with Crippen molar-refractivity contribution >= 4 is 27.5 Å². The summed E-state index contributed by atoms with van der Waals surface area (Å²) in [5, 5.41) is 0.567. The van der Waals surface area contributed by atoms with Crippen molar-refractivity contribution in [2.24, 2.45) is 5.73 Å². The molecule has 18 heavy (non-hydrogen) atoms. The van der Waals surface area contributed by atoms with Gasteiger partial charge < -0.3 is 10.5 Å². The molecule has 0 amide bonds. The third kappa shape index (κ3) is 3.05. The number of hydrogen-bond acceptors (Lipinski definition) is 2. The van der Waals surface area contributed by atoms with Crippen LogP contribution in [-0.2, 0) is 0 Å². The first-order valence-electron chi connectivity index (χ1n) is 5.55. The van der Waals surface area contributed by atoms with Crippen LogP contribution >= 0.6 is 27.5 Å². The van der Waals surface area contributed by atoms with Gasteiger partial charge in [0.05, 0.1) is 5.02 Å². The first kappa shape index (κ1) is 13.4. The number of ether oxygens (including phenoxy) is 1. The Kier molecular flexibility index (Phi) is 4.27. The van der Waals surface area contributed by atoms with Crippen LogP contribution in [0.1, 0.15) is 18.5 Å². The second-order valence-electron chi connectivity index (χ2n) is 4.00. The summed E-state index contributed by atoms with van der Waals surface area (Å²) in [4.78, 5) is 0. The molecule has 0 saturated heterocycles. The van der Waals surface area contributed by atoms with Gasteiger partial charge in [0.15, 0.2) is 0 Å². The summed E-state index contributed by atoms with van der Waals surface area (Å²) in [7, 11) is 0. The lowest BCUT2D eigenvalue weighted by Crippen LogP contribution is -2.06. The van der Waals surface area contributed by atoms with Gasteiger partial charge >= 0.3 is 0 Å². The highest BCUT2D eigenvalue weighted by atomic mass is 79.9. The normalized spacial score (nSPS) is 12.2. The molecule has 0 heterocycles. The predicted molar refractivity (Wildman–Crippen MR) is 78.3 cm³/mol. The third-order valence-electron chi connectivity index (χ3n) is 2.52. The Morgan fingerprint density at radius 2 is 1.89 bits per heavy atom. The minimum Gasteiger partial charge on any atom is -0.455 e. The summed E-state index contributed by atoms with van der Waals surface area (Å²) in [6.45, 7) is 1.92. The molecule has 0 aliphatic heterocycles.